The highest BCUT2D eigenvalue weighted by Crippen LogP contribution is 2.17. The first-order valence-corrected chi connectivity index (χ1v) is 9.08. The predicted octanol–water partition coefficient (Wildman–Crippen LogP) is 5.78. The van der Waals surface area contributed by atoms with Gasteiger partial charge in [-0.3, -0.25) is 0 Å². The van der Waals surface area contributed by atoms with E-state index in [0.717, 1.165) is 6.04 Å². The molecule has 1 rings (SSSR count). The van der Waals surface area contributed by atoms with Gasteiger partial charge in [-0.05, 0) is 39.3 Å². The Kier molecular flexibility index (Phi) is 10.5. The summed E-state index contributed by atoms with van der Waals surface area (Å²) in [6.45, 7) is 7.43. The van der Waals surface area contributed by atoms with Crippen molar-refractivity contribution < 1.29 is 0 Å². The fourth-order valence-corrected chi connectivity index (χ4v) is 3.29. The minimum Gasteiger partial charge on any atom is -0.301 e. The van der Waals surface area contributed by atoms with Crippen LogP contribution in [0.5, 0.6) is 0 Å². The van der Waals surface area contributed by atoms with Crippen molar-refractivity contribution >= 4 is 0 Å². The van der Waals surface area contributed by atoms with E-state index in [1.165, 1.54) is 96.6 Å². The smallest absolute Gasteiger partial charge is 0.00669 e. The van der Waals surface area contributed by atoms with Gasteiger partial charge in [-0.2, -0.15) is 0 Å². The van der Waals surface area contributed by atoms with Crippen molar-refractivity contribution in [3.05, 3.63) is 0 Å². The second kappa shape index (κ2) is 11.8. The van der Waals surface area contributed by atoms with Crippen molar-refractivity contribution in [1.82, 2.24) is 4.90 Å². The molecular weight excluding hydrogens is 230 g/mol. The van der Waals surface area contributed by atoms with Gasteiger partial charge >= 0.3 is 0 Å². The number of nitrogens with zero attached hydrogens (tertiary/aromatic N) is 1. The molecule has 0 N–H and O–H groups in total. The molecule has 1 atom stereocenters. The first-order valence-electron chi connectivity index (χ1n) is 9.08. The fourth-order valence-electron chi connectivity index (χ4n) is 3.29. The maximum Gasteiger partial charge on any atom is 0.00669 e. The van der Waals surface area contributed by atoms with E-state index in [1.54, 1.807) is 0 Å². The lowest BCUT2D eigenvalue weighted by atomic mass is 10.0. The molecule has 0 aromatic heterocycles. The lowest BCUT2D eigenvalue weighted by Gasteiger charge is -2.33. The number of hydrogen-bond donors (Lipinski definition) is 0. The van der Waals surface area contributed by atoms with E-state index in [0.29, 0.717) is 0 Å². The highest BCUT2D eigenvalue weighted by molar-refractivity contribution is 4.72. The van der Waals surface area contributed by atoms with Crippen LogP contribution in [0.4, 0.5) is 0 Å². The van der Waals surface area contributed by atoms with Gasteiger partial charge in [0.25, 0.3) is 0 Å². The number of piperidine rings is 1. The third kappa shape index (κ3) is 8.68. The molecule has 0 aromatic rings. The standard InChI is InChI=1S/C18H37N/c1-3-4-5-6-7-8-9-10-11-13-16-19-17-14-12-15-18(19)2/h18H,3-17H2,1-2H3. The zero-order valence-electron chi connectivity index (χ0n) is 13.6. The molecule has 0 spiro atoms. The number of unbranched alkanes of at least 4 members (excludes halogenated alkanes) is 9. The van der Waals surface area contributed by atoms with Gasteiger partial charge in [0.1, 0.15) is 0 Å². The minimum absolute atomic E-state index is 0.854. The van der Waals surface area contributed by atoms with Crippen LogP contribution in [-0.4, -0.2) is 24.0 Å². The van der Waals surface area contributed by atoms with E-state index >= 15 is 0 Å². The normalized spacial score (nSPS) is 20.8. The average Bonchev–Trinajstić information content (AvgIpc) is 2.43. The second-order valence-electron chi connectivity index (χ2n) is 6.56. The zero-order valence-corrected chi connectivity index (χ0v) is 13.6. The number of hydrogen-bond acceptors (Lipinski definition) is 1. The Balaban J connectivity index is 1.80. The average molecular weight is 268 g/mol. The SMILES string of the molecule is CCCCCCCCCCCCN1CCCCC1C. The van der Waals surface area contributed by atoms with Crippen LogP contribution in [0.2, 0.25) is 0 Å². The second-order valence-corrected chi connectivity index (χ2v) is 6.56. The maximum absolute atomic E-state index is 2.72. The first-order chi connectivity index (χ1) is 9.34. The number of likely N-dealkylation sites (tertiary alicyclic amines) is 1. The molecule has 0 bridgehead atoms. The third-order valence-electron chi connectivity index (χ3n) is 4.74. The largest absolute Gasteiger partial charge is 0.301 e. The Morgan fingerprint density at radius 3 is 1.95 bits per heavy atom. The molecule has 0 aromatic carbocycles. The molecule has 114 valence electrons. The topological polar surface area (TPSA) is 3.24 Å². The summed E-state index contributed by atoms with van der Waals surface area (Å²) in [4.78, 5) is 2.72. The molecule has 1 saturated heterocycles. The molecule has 1 unspecified atom stereocenters. The van der Waals surface area contributed by atoms with E-state index in [1.807, 2.05) is 0 Å². The fraction of sp³-hybridized carbons (Fsp3) is 1.00. The summed E-state index contributed by atoms with van der Waals surface area (Å²) in [5.74, 6) is 0. The van der Waals surface area contributed by atoms with Gasteiger partial charge in [0, 0.05) is 6.04 Å². The van der Waals surface area contributed by atoms with Crippen molar-refractivity contribution in [1.29, 1.82) is 0 Å². The lowest BCUT2D eigenvalue weighted by Crippen LogP contribution is -2.37. The van der Waals surface area contributed by atoms with Crippen LogP contribution < -0.4 is 0 Å². The predicted molar refractivity (Wildman–Crippen MR) is 86.7 cm³/mol. The van der Waals surface area contributed by atoms with E-state index < -0.39 is 0 Å². The Morgan fingerprint density at radius 2 is 1.37 bits per heavy atom. The molecular formula is C18H37N. The van der Waals surface area contributed by atoms with Gasteiger partial charge < -0.3 is 4.90 Å². The Labute approximate surface area is 122 Å². The Morgan fingerprint density at radius 1 is 0.789 bits per heavy atom. The van der Waals surface area contributed by atoms with Crippen molar-refractivity contribution in [2.45, 2.75) is 103 Å². The van der Waals surface area contributed by atoms with Crippen LogP contribution >= 0.6 is 0 Å². The van der Waals surface area contributed by atoms with Gasteiger partial charge in [0.15, 0.2) is 0 Å². The van der Waals surface area contributed by atoms with E-state index in [-0.39, 0.29) is 0 Å². The molecule has 19 heavy (non-hydrogen) atoms. The summed E-state index contributed by atoms with van der Waals surface area (Å²) in [5.41, 5.74) is 0. The van der Waals surface area contributed by atoms with Crippen LogP contribution in [-0.2, 0) is 0 Å². The number of rotatable bonds is 11. The Hall–Kier alpha value is -0.0400. The summed E-state index contributed by atoms with van der Waals surface area (Å²) in [6.07, 6.45) is 18.8. The quantitative estimate of drug-likeness (QED) is 0.429. The summed E-state index contributed by atoms with van der Waals surface area (Å²) >= 11 is 0. The highest BCUT2D eigenvalue weighted by Gasteiger charge is 2.16. The maximum atomic E-state index is 2.72. The molecule has 0 aliphatic carbocycles. The third-order valence-corrected chi connectivity index (χ3v) is 4.74. The summed E-state index contributed by atoms with van der Waals surface area (Å²) in [5, 5.41) is 0. The van der Waals surface area contributed by atoms with E-state index in [9.17, 15) is 0 Å². The molecule has 1 fully saturated rings. The van der Waals surface area contributed by atoms with Gasteiger partial charge in [-0.15, -0.1) is 0 Å². The van der Waals surface area contributed by atoms with E-state index in [2.05, 4.69) is 18.7 Å². The molecule has 1 aliphatic rings. The van der Waals surface area contributed by atoms with Crippen LogP contribution in [0, 0.1) is 0 Å². The monoisotopic (exact) mass is 267 g/mol. The molecule has 1 heterocycles. The summed E-state index contributed by atoms with van der Waals surface area (Å²) < 4.78 is 0. The minimum atomic E-state index is 0.854. The molecule has 0 amide bonds. The first kappa shape index (κ1) is 17.0. The van der Waals surface area contributed by atoms with Crippen molar-refractivity contribution in [2.75, 3.05) is 13.1 Å². The van der Waals surface area contributed by atoms with E-state index in [4.69, 9.17) is 0 Å². The summed E-state index contributed by atoms with van der Waals surface area (Å²) in [6, 6.07) is 0.854. The molecule has 1 heteroatoms. The van der Waals surface area contributed by atoms with Gasteiger partial charge in [0.05, 0.1) is 0 Å². The molecule has 1 nitrogen and oxygen atoms in total. The zero-order chi connectivity index (χ0) is 13.8. The molecule has 0 saturated carbocycles. The van der Waals surface area contributed by atoms with Gasteiger partial charge in [-0.25, -0.2) is 0 Å². The van der Waals surface area contributed by atoms with Gasteiger partial charge in [0.2, 0.25) is 0 Å². The summed E-state index contributed by atoms with van der Waals surface area (Å²) in [7, 11) is 0. The van der Waals surface area contributed by atoms with Crippen LogP contribution in [0.15, 0.2) is 0 Å². The molecule has 1 aliphatic heterocycles. The lowest BCUT2D eigenvalue weighted by molar-refractivity contribution is 0.157. The van der Waals surface area contributed by atoms with Crippen molar-refractivity contribution in [3.8, 4) is 0 Å². The molecule has 0 radical (unpaired) electrons. The highest BCUT2D eigenvalue weighted by atomic mass is 15.1. The van der Waals surface area contributed by atoms with Crippen LogP contribution in [0.1, 0.15) is 97.3 Å². The van der Waals surface area contributed by atoms with Crippen LogP contribution in [0.3, 0.4) is 0 Å². The van der Waals surface area contributed by atoms with Crippen molar-refractivity contribution in [3.63, 3.8) is 0 Å². The Bertz CT molecular complexity index is 190. The van der Waals surface area contributed by atoms with Crippen LogP contribution in [0.25, 0.3) is 0 Å². The van der Waals surface area contributed by atoms with Gasteiger partial charge in [-0.1, -0.05) is 71.1 Å². The van der Waals surface area contributed by atoms with Crippen molar-refractivity contribution in [2.24, 2.45) is 0 Å².